The second kappa shape index (κ2) is 19.2. The number of anilines is 1. The first-order chi connectivity index (χ1) is 25.9. The monoisotopic (exact) mass is 699 g/mol. The molecular weight excluding hydrogens is 655 g/mol. The summed E-state index contributed by atoms with van der Waals surface area (Å²) >= 11 is 0. The van der Waals surface area contributed by atoms with Crippen LogP contribution in [0.25, 0.3) is 12.2 Å². The second-order valence-electron chi connectivity index (χ2n) is 12.1. The van der Waals surface area contributed by atoms with Crippen LogP contribution in [-0.4, -0.2) is 24.7 Å². The summed E-state index contributed by atoms with van der Waals surface area (Å²) in [6, 6.07) is 47.3. The quantitative estimate of drug-likeness (QED) is 0.112. The van der Waals surface area contributed by atoms with Crippen molar-refractivity contribution < 1.29 is 19.1 Å². The maximum atomic E-state index is 13.0. The van der Waals surface area contributed by atoms with E-state index in [1.165, 1.54) is 0 Å². The van der Waals surface area contributed by atoms with E-state index in [2.05, 4.69) is 18.7 Å². The Morgan fingerprint density at radius 1 is 0.472 bits per heavy atom. The van der Waals surface area contributed by atoms with Crippen molar-refractivity contribution in [1.82, 2.24) is 0 Å². The molecular formula is C48H45NO4. The topological polar surface area (TPSA) is 55.8 Å². The number of ketones is 2. The van der Waals surface area contributed by atoms with E-state index in [9.17, 15) is 9.59 Å². The Morgan fingerprint density at radius 2 is 0.830 bits per heavy atom. The zero-order valence-electron chi connectivity index (χ0n) is 30.7. The molecule has 6 rings (SSSR count). The summed E-state index contributed by atoms with van der Waals surface area (Å²) in [5.74, 6) is 2.92. The van der Waals surface area contributed by atoms with Gasteiger partial charge in [0.25, 0.3) is 0 Å². The number of benzene rings is 6. The Hall–Kier alpha value is -6.46. The first-order valence-corrected chi connectivity index (χ1v) is 17.9. The van der Waals surface area contributed by atoms with Crippen molar-refractivity contribution in [2.45, 2.75) is 27.7 Å². The fraction of sp³-hybridized carbons (Fsp3) is 0.125. The van der Waals surface area contributed by atoms with E-state index >= 15 is 0 Å². The van der Waals surface area contributed by atoms with Crippen molar-refractivity contribution in [3.8, 4) is 23.0 Å². The Balaban J connectivity index is 0.000000241. The van der Waals surface area contributed by atoms with Gasteiger partial charge < -0.3 is 14.4 Å². The van der Waals surface area contributed by atoms with Gasteiger partial charge in [0.15, 0.2) is 11.6 Å². The third-order valence-corrected chi connectivity index (χ3v) is 8.51. The molecule has 5 nitrogen and oxygen atoms in total. The van der Waals surface area contributed by atoms with E-state index in [4.69, 9.17) is 9.47 Å². The largest absolute Gasteiger partial charge is 0.457 e. The van der Waals surface area contributed by atoms with Gasteiger partial charge >= 0.3 is 0 Å². The number of hydrogen-bond acceptors (Lipinski definition) is 5. The Bertz CT molecular complexity index is 2030. The lowest BCUT2D eigenvalue weighted by Crippen LogP contribution is -2.21. The van der Waals surface area contributed by atoms with Crippen LogP contribution in [0.2, 0.25) is 0 Å². The number of para-hydroxylation sites is 2. The summed E-state index contributed by atoms with van der Waals surface area (Å²) in [6.07, 6.45) is 7.95. The molecule has 0 aliphatic heterocycles. The predicted octanol–water partition coefficient (Wildman–Crippen LogP) is 12.3. The molecule has 0 spiro atoms. The summed E-state index contributed by atoms with van der Waals surface area (Å²) in [7, 11) is 0. The van der Waals surface area contributed by atoms with Gasteiger partial charge in [-0.15, -0.1) is 0 Å². The van der Waals surface area contributed by atoms with Crippen LogP contribution in [0, 0.1) is 0 Å². The lowest BCUT2D eigenvalue weighted by molar-refractivity contribution is 0.103. The molecule has 0 saturated heterocycles. The van der Waals surface area contributed by atoms with Gasteiger partial charge in [0.2, 0.25) is 0 Å². The summed E-state index contributed by atoms with van der Waals surface area (Å²) < 4.78 is 12.0. The van der Waals surface area contributed by atoms with Crippen molar-refractivity contribution in [2.75, 3.05) is 18.0 Å². The minimum absolute atomic E-state index is 0.0540. The first kappa shape index (κ1) is 37.8. The number of carbonyl (C=O) groups excluding carboxylic acids is 2. The van der Waals surface area contributed by atoms with E-state index in [0.29, 0.717) is 22.6 Å². The van der Waals surface area contributed by atoms with E-state index in [0.717, 1.165) is 52.5 Å². The zero-order chi connectivity index (χ0) is 37.4. The summed E-state index contributed by atoms with van der Waals surface area (Å²) in [5.41, 5.74) is 5.83. The molecule has 0 saturated carbocycles. The maximum Gasteiger partial charge on any atom is 0.193 e. The lowest BCUT2D eigenvalue weighted by atomic mass is 10.0. The normalized spacial score (nSPS) is 10.8. The molecule has 0 N–H and O–H groups in total. The van der Waals surface area contributed by atoms with Crippen molar-refractivity contribution in [3.05, 3.63) is 197 Å². The van der Waals surface area contributed by atoms with Gasteiger partial charge in [0, 0.05) is 52.2 Å². The molecule has 0 atom stereocenters. The SMILES string of the molecule is CC=Cc1ccccc1Oc1ccc(C(=O)c2ccc(Oc3ccccc3C=CC)cc2)cc1.CCN(CC)c1ccc(C(=O)c2ccccc2)cc1. The van der Waals surface area contributed by atoms with Gasteiger partial charge in [-0.1, -0.05) is 91.0 Å². The average Bonchev–Trinajstić information content (AvgIpc) is 3.21. The summed E-state index contributed by atoms with van der Waals surface area (Å²) in [6.45, 7) is 10.2. The lowest BCUT2D eigenvalue weighted by Gasteiger charge is -2.21. The fourth-order valence-corrected chi connectivity index (χ4v) is 5.72. The van der Waals surface area contributed by atoms with Gasteiger partial charge in [-0.3, -0.25) is 9.59 Å². The summed E-state index contributed by atoms with van der Waals surface area (Å²) in [5, 5.41) is 0. The van der Waals surface area contributed by atoms with Gasteiger partial charge in [-0.25, -0.2) is 0 Å². The van der Waals surface area contributed by atoms with Crippen LogP contribution in [-0.2, 0) is 0 Å². The molecule has 6 aromatic carbocycles. The molecule has 0 fully saturated rings. The highest BCUT2D eigenvalue weighted by Gasteiger charge is 2.12. The number of hydrogen-bond donors (Lipinski definition) is 0. The highest BCUT2D eigenvalue weighted by molar-refractivity contribution is 6.09. The van der Waals surface area contributed by atoms with E-state index in [1.54, 1.807) is 24.3 Å². The van der Waals surface area contributed by atoms with Crippen LogP contribution < -0.4 is 14.4 Å². The van der Waals surface area contributed by atoms with Crippen molar-refractivity contribution >= 4 is 29.4 Å². The molecule has 5 heteroatoms. The average molecular weight is 700 g/mol. The standard InChI is InChI=1S/C31H26O3.C17H19NO/c1-3-9-23-11-5-7-13-29(23)33-27-19-15-25(16-20-27)31(32)26-17-21-28(22-18-26)34-30-14-8-6-12-24(30)10-4-2;1-3-18(4-2)16-12-10-15(11-13-16)17(19)14-8-6-5-7-9-14/h3-22H,1-2H3;5-13H,3-4H2,1-2H3. The molecule has 6 aromatic rings. The molecule has 0 bridgehead atoms. The third-order valence-electron chi connectivity index (χ3n) is 8.51. The minimum atomic E-state index is -0.0540. The molecule has 0 aliphatic carbocycles. The highest BCUT2D eigenvalue weighted by Crippen LogP contribution is 2.29. The first-order valence-electron chi connectivity index (χ1n) is 17.9. The van der Waals surface area contributed by atoms with Crippen LogP contribution >= 0.6 is 0 Å². The van der Waals surface area contributed by atoms with Gasteiger partial charge in [0.1, 0.15) is 23.0 Å². The molecule has 0 amide bonds. The van der Waals surface area contributed by atoms with Crippen LogP contribution in [0.5, 0.6) is 23.0 Å². The van der Waals surface area contributed by atoms with Crippen LogP contribution in [0.15, 0.2) is 164 Å². The molecule has 0 radical (unpaired) electrons. The van der Waals surface area contributed by atoms with Crippen molar-refractivity contribution in [3.63, 3.8) is 0 Å². The molecule has 0 heterocycles. The minimum Gasteiger partial charge on any atom is -0.457 e. The zero-order valence-corrected chi connectivity index (χ0v) is 30.7. The molecule has 0 aliphatic rings. The predicted molar refractivity (Wildman–Crippen MR) is 219 cm³/mol. The van der Waals surface area contributed by atoms with Crippen LogP contribution in [0.3, 0.4) is 0 Å². The number of carbonyl (C=O) groups is 2. The number of ether oxygens (including phenoxy) is 2. The van der Waals surface area contributed by atoms with Gasteiger partial charge in [-0.2, -0.15) is 0 Å². The Kier molecular flexibility index (Phi) is 13.7. The maximum absolute atomic E-state index is 13.0. The van der Waals surface area contributed by atoms with Crippen molar-refractivity contribution in [1.29, 1.82) is 0 Å². The van der Waals surface area contributed by atoms with Gasteiger partial charge in [0.05, 0.1) is 0 Å². The molecule has 266 valence electrons. The number of allylic oxidation sites excluding steroid dienone is 2. The number of nitrogens with zero attached hydrogens (tertiary/aromatic N) is 1. The van der Waals surface area contributed by atoms with E-state index in [1.807, 2.05) is 166 Å². The van der Waals surface area contributed by atoms with E-state index in [-0.39, 0.29) is 11.6 Å². The molecule has 53 heavy (non-hydrogen) atoms. The van der Waals surface area contributed by atoms with E-state index < -0.39 is 0 Å². The number of rotatable bonds is 13. The third kappa shape index (κ3) is 10.3. The van der Waals surface area contributed by atoms with Crippen molar-refractivity contribution in [2.24, 2.45) is 0 Å². The smallest absolute Gasteiger partial charge is 0.193 e. The fourth-order valence-electron chi connectivity index (χ4n) is 5.72. The highest BCUT2D eigenvalue weighted by atomic mass is 16.5. The van der Waals surface area contributed by atoms with Gasteiger partial charge in [-0.05, 0) is 113 Å². The van der Waals surface area contributed by atoms with Crippen LogP contribution in [0.1, 0.15) is 70.7 Å². The second-order valence-corrected chi connectivity index (χ2v) is 12.1. The Labute approximate surface area is 313 Å². The molecule has 0 aromatic heterocycles. The molecule has 0 unspecified atom stereocenters. The Morgan fingerprint density at radius 3 is 1.23 bits per heavy atom. The van der Waals surface area contributed by atoms with Crippen LogP contribution in [0.4, 0.5) is 5.69 Å². The summed E-state index contributed by atoms with van der Waals surface area (Å²) in [4.78, 5) is 27.5.